The quantitative estimate of drug-likeness (QED) is 0.369. The van der Waals surface area contributed by atoms with E-state index in [4.69, 9.17) is 25.8 Å². The minimum atomic E-state index is -3.91. The summed E-state index contributed by atoms with van der Waals surface area (Å²) in [6.45, 7) is 9.04. The molecule has 0 radical (unpaired) electrons. The molecule has 49 heavy (non-hydrogen) atoms. The van der Waals surface area contributed by atoms with Crippen LogP contribution in [0.1, 0.15) is 87.2 Å². The fourth-order valence-corrected chi connectivity index (χ4v) is 9.42. The van der Waals surface area contributed by atoms with E-state index in [0.29, 0.717) is 43.0 Å². The van der Waals surface area contributed by atoms with Gasteiger partial charge in [-0.05, 0) is 132 Å². The lowest BCUT2D eigenvalue weighted by atomic mass is 9.65. The van der Waals surface area contributed by atoms with Gasteiger partial charge in [0.2, 0.25) is 10.0 Å². The summed E-state index contributed by atoms with van der Waals surface area (Å²) in [6, 6.07) is 11.3. The van der Waals surface area contributed by atoms with Crippen LogP contribution >= 0.6 is 11.6 Å². The van der Waals surface area contributed by atoms with Gasteiger partial charge in [-0.2, -0.15) is 0 Å². The monoisotopic (exact) mass is 715 g/mol. The molecule has 0 aromatic heterocycles. The lowest BCUT2D eigenvalue weighted by molar-refractivity contribution is -0.260. The van der Waals surface area contributed by atoms with Crippen molar-refractivity contribution in [1.82, 2.24) is 9.62 Å². The predicted molar refractivity (Wildman–Crippen MR) is 194 cm³/mol. The lowest BCUT2D eigenvalue weighted by Crippen LogP contribution is -2.57. The molecular formula is C38H54ClN3O6S. The number of carbonyl (C=O) groups excluding carboxylic acids is 1. The first-order chi connectivity index (χ1) is 23.3. The van der Waals surface area contributed by atoms with Crippen LogP contribution in [0.15, 0.2) is 36.4 Å². The van der Waals surface area contributed by atoms with Crippen LogP contribution in [0.4, 0.5) is 5.69 Å². The van der Waals surface area contributed by atoms with Crippen molar-refractivity contribution in [3.8, 4) is 5.75 Å². The van der Waals surface area contributed by atoms with Gasteiger partial charge in [0.25, 0.3) is 5.91 Å². The van der Waals surface area contributed by atoms with Gasteiger partial charge in [-0.1, -0.05) is 31.0 Å². The van der Waals surface area contributed by atoms with Gasteiger partial charge in [-0.25, -0.2) is 13.1 Å². The van der Waals surface area contributed by atoms with Crippen LogP contribution in [0.5, 0.6) is 5.75 Å². The molecule has 1 saturated heterocycles. The Labute approximate surface area is 298 Å². The Morgan fingerprint density at radius 1 is 0.939 bits per heavy atom. The van der Waals surface area contributed by atoms with Crippen molar-refractivity contribution < 1.29 is 27.4 Å². The number of amides is 1. The Kier molecular flexibility index (Phi) is 11.2. The molecule has 1 amide bonds. The zero-order chi connectivity index (χ0) is 34.9. The molecule has 4 aliphatic rings. The summed E-state index contributed by atoms with van der Waals surface area (Å²) in [4.78, 5) is 18.1. The summed E-state index contributed by atoms with van der Waals surface area (Å²) >= 11 is 6.38. The third-order valence-corrected chi connectivity index (χ3v) is 14.1. The van der Waals surface area contributed by atoms with E-state index in [-0.39, 0.29) is 23.7 Å². The molecule has 9 nitrogen and oxygen atoms in total. The molecule has 6 rings (SSSR count). The molecule has 5 atom stereocenters. The minimum absolute atomic E-state index is 0.129. The van der Waals surface area contributed by atoms with Crippen molar-refractivity contribution in [2.75, 3.05) is 45.3 Å². The largest absolute Gasteiger partial charge is 0.487 e. The van der Waals surface area contributed by atoms with Crippen molar-refractivity contribution in [2.24, 2.45) is 23.7 Å². The summed E-state index contributed by atoms with van der Waals surface area (Å²) in [5.74, 6) is 0.993. The van der Waals surface area contributed by atoms with Crippen LogP contribution < -0.4 is 14.4 Å². The maximum Gasteiger partial charge on any atom is 0.264 e. The van der Waals surface area contributed by atoms with Crippen LogP contribution in [0.3, 0.4) is 0 Å². The van der Waals surface area contributed by atoms with Crippen molar-refractivity contribution >= 4 is 33.2 Å². The summed E-state index contributed by atoms with van der Waals surface area (Å²) in [7, 11) is 0.224. The molecule has 1 N–H and O–H groups in total. The molecule has 11 heteroatoms. The predicted octanol–water partition coefficient (Wildman–Crippen LogP) is 6.67. The zero-order valence-electron chi connectivity index (χ0n) is 29.8. The summed E-state index contributed by atoms with van der Waals surface area (Å²) in [5, 5.41) is -0.00670. The van der Waals surface area contributed by atoms with E-state index in [2.05, 4.69) is 35.5 Å². The number of nitrogens with zero attached hydrogens (tertiary/aromatic N) is 2. The number of hydrogen-bond acceptors (Lipinski definition) is 8. The second kappa shape index (κ2) is 15.1. The molecule has 0 spiro atoms. The fraction of sp³-hybridized carbons (Fsp3) is 0.658. The highest BCUT2D eigenvalue weighted by Crippen LogP contribution is 2.47. The number of likely N-dealkylation sites (N-methyl/N-ethyl adjacent to an activating group) is 1. The minimum Gasteiger partial charge on any atom is -0.487 e. The third-order valence-electron chi connectivity index (χ3n) is 12.0. The number of halogens is 1. The number of benzene rings is 2. The van der Waals surface area contributed by atoms with Crippen LogP contribution in [-0.4, -0.2) is 76.7 Å². The van der Waals surface area contributed by atoms with E-state index < -0.39 is 21.2 Å². The molecule has 270 valence electrons. The van der Waals surface area contributed by atoms with Gasteiger partial charge in [0.05, 0.1) is 29.7 Å². The van der Waals surface area contributed by atoms with Gasteiger partial charge >= 0.3 is 0 Å². The van der Waals surface area contributed by atoms with Gasteiger partial charge in [0.1, 0.15) is 12.4 Å². The maximum absolute atomic E-state index is 13.5. The van der Waals surface area contributed by atoms with E-state index in [0.717, 1.165) is 80.7 Å². The van der Waals surface area contributed by atoms with E-state index >= 15 is 0 Å². The van der Waals surface area contributed by atoms with E-state index in [9.17, 15) is 13.2 Å². The molecule has 3 aliphatic heterocycles. The van der Waals surface area contributed by atoms with Gasteiger partial charge in [0.15, 0.2) is 6.29 Å². The number of nitrogens with one attached hydrogen (secondary N) is 1. The van der Waals surface area contributed by atoms with E-state index in [1.54, 1.807) is 13.0 Å². The number of fused-ring (bicyclic) bond motifs is 3. The third kappa shape index (κ3) is 8.09. The Morgan fingerprint density at radius 3 is 2.43 bits per heavy atom. The Hall–Kier alpha value is -2.37. The average Bonchev–Trinajstić information content (AvgIpc) is 3.08. The molecule has 2 bridgehead atoms. The SMILES string of the molecule is C[C@@H]1[C@@H](C)CCC[C@@H]([C@H]2OC[C@@](C)(N(C)C)CO2)[C@@H]2CC[C@H]2CN2CCCCc3cc(Cl)ccc3COc3ccc(cc32)C(=O)NS1(=O)=O. The highest BCUT2D eigenvalue weighted by Gasteiger charge is 2.45. The first-order valence-corrected chi connectivity index (χ1v) is 20.0. The number of aryl methyl sites for hydroxylation is 1. The van der Waals surface area contributed by atoms with E-state index in [1.165, 1.54) is 5.56 Å². The second-order valence-corrected chi connectivity index (χ2v) is 17.9. The standard InChI is InChI=1S/C38H54ClN3O6S/c1-25-9-8-11-33(37-47-23-38(3,24-48-37)41(4)5)32-16-13-29(32)21-42-18-7-6-10-27-19-31(39)15-12-30(27)22-46-35-17-14-28(20-34(35)42)36(43)40-49(44,45)26(25)2/h12,14-15,17,19-20,25-26,29,32-33,37H,6-11,13,16,18,21-24H2,1-5H3,(H,40,43)/t25-,26+,29-,32+,33+,37-,38+/m0/s1. The highest BCUT2D eigenvalue weighted by atomic mass is 35.5. The summed E-state index contributed by atoms with van der Waals surface area (Å²) in [5.41, 5.74) is 3.24. The van der Waals surface area contributed by atoms with Crippen LogP contribution in [-0.2, 0) is 32.5 Å². The zero-order valence-corrected chi connectivity index (χ0v) is 31.3. The summed E-state index contributed by atoms with van der Waals surface area (Å²) < 4.78 is 48.9. The first-order valence-electron chi connectivity index (χ1n) is 18.1. The smallest absolute Gasteiger partial charge is 0.264 e. The van der Waals surface area contributed by atoms with Gasteiger partial charge < -0.3 is 19.1 Å². The molecule has 0 unspecified atom stereocenters. The van der Waals surface area contributed by atoms with Gasteiger partial charge in [0, 0.05) is 29.6 Å². The number of carbonyl (C=O) groups is 1. The number of ether oxygens (including phenoxy) is 3. The van der Waals surface area contributed by atoms with Gasteiger partial charge in [-0.3, -0.25) is 9.69 Å². The molecule has 2 aromatic rings. The number of hydrogen-bond donors (Lipinski definition) is 1. The Bertz CT molecular complexity index is 1590. The fourth-order valence-electron chi connectivity index (χ4n) is 7.92. The van der Waals surface area contributed by atoms with Crippen LogP contribution in [0, 0.1) is 23.7 Å². The first kappa shape index (κ1) is 36.4. The number of sulfonamides is 1. The molecule has 1 saturated carbocycles. The van der Waals surface area contributed by atoms with Crippen molar-refractivity contribution in [2.45, 2.75) is 95.8 Å². The Morgan fingerprint density at radius 2 is 1.71 bits per heavy atom. The number of rotatable bonds is 2. The molecular weight excluding hydrogens is 662 g/mol. The topological polar surface area (TPSA) is 97.4 Å². The van der Waals surface area contributed by atoms with Crippen LogP contribution in [0.25, 0.3) is 0 Å². The average molecular weight is 716 g/mol. The summed E-state index contributed by atoms with van der Waals surface area (Å²) in [6.07, 6.45) is 7.28. The molecule has 2 aromatic carbocycles. The maximum atomic E-state index is 13.5. The lowest BCUT2D eigenvalue weighted by Gasteiger charge is -2.50. The van der Waals surface area contributed by atoms with Crippen molar-refractivity contribution in [3.63, 3.8) is 0 Å². The van der Waals surface area contributed by atoms with Crippen molar-refractivity contribution in [1.29, 1.82) is 0 Å². The molecule has 1 aliphatic carbocycles. The van der Waals surface area contributed by atoms with Crippen LogP contribution in [0.2, 0.25) is 5.02 Å². The highest BCUT2D eigenvalue weighted by molar-refractivity contribution is 7.90. The number of anilines is 1. The van der Waals surface area contributed by atoms with Gasteiger partial charge in [-0.15, -0.1) is 0 Å². The normalized spacial score (nSPS) is 32.8. The molecule has 2 fully saturated rings. The molecule has 3 heterocycles. The van der Waals surface area contributed by atoms with Crippen molar-refractivity contribution in [3.05, 3.63) is 58.1 Å². The van der Waals surface area contributed by atoms with E-state index in [1.807, 2.05) is 37.3 Å². The second-order valence-electron chi connectivity index (χ2n) is 15.4. The Balaban J connectivity index is 1.35.